The fourth-order valence-corrected chi connectivity index (χ4v) is 4.05. The van der Waals surface area contributed by atoms with Gasteiger partial charge in [0.15, 0.2) is 0 Å². The Bertz CT molecular complexity index is 764. The van der Waals surface area contributed by atoms with Crippen molar-refractivity contribution in [3.63, 3.8) is 0 Å². The molecule has 1 aromatic rings. The summed E-state index contributed by atoms with van der Waals surface area (Å²) in [5.74, 6) is -0.0814. The fourth-order valence-electron chi connectivity index (χ4n) is 3.92. The molecule has 8 heteroatoms. The van der Waals surface area contributed by atoms with Crippen molar-refractivity contribution in [2.24, 2.45) is 5.41 Å². The third-order valence-electron chi connectivity index (χ3n) is 5.73. The molecule has 0 aliphatic carbocycles. The molecule has 168 valence electrons. The molecule has 7 nitrogen and oxygen atoms in total. The highest BCUT2D eigenvalue weighted by atomic mass is 35.5. The van der Waals surface area contributed by atoms with Gasteiger partial charge in [0.2, 0.25) is 5.91 Å². The zero-order valence-electron chi connectivity index (χ0n) is 18.5. The summed E-state index contributed by atoms with van der Waals surface area (Å²) in [7, 11) is 0. The van der Waals surface area contributed by atoms with Gasteiger partial charge in [0.05, 0.1) is 11.7 Å². The molecule has 1 saturated heterocycles. The summed E-state index contributed by atoms with van der Waals surface area (Å²) in [6.07, 6.45) is -0.101. The van der Waals surface area contributed by atoms with Gasteiger partial charge >= 0.3 is 6.03 Å². The molecule has 1 aliphatic rings. The van der Waals surface area contributed by atoms with Crippen molar-refractivity contribution < 1.29 is 19.8 Å². The number of carbonyl (C=O) groups excluding carboxylic acids is 2. The SMILES string of the molecule is C[C@@H](O)CNC(=O)NC(C)(C)CC(=O)N1CC[C@](O)(c2ccc(Cl)cc2)C(C)(C)C1. The van der Waals surface area contributed by atoms with Crippen molar-refractivity contribution in [3.05, 3.63) is 34.9 Å². The number of amides is 3. The monoisotopic (exact) mass is 439 g/mol. The molecule has 4 N–H and O–H groups in total. The van der Waals surface area contributed by atoms with Gasteiger partial charge in [-0.2, -0.15) is 0 Å². The van der Waals surface area contributed by atoms with E-state index in [1.165, 1.54) is 0 Å². The average molecular weight is 440 g/mol. The number of halogens is 1. The van der Waals surface area contributed by atoms with Crippen molar-refractivity contribution in [1.29, 1.82) is 0 Å². The molecule has 0 unspecified atom stereocenters. The Hall–Kier alpha value is -1.83. The average Bonchev–Trinajstić information content (AvgIpc) is 2.61. The van der Waals surface area contributed by atoms with Crippen LogP contribution in [-0.4, -0.2) is 58.3 Å². The van der Waals surface area contributed by atoms with Gasteiger partial charge in [0, 0.05) is 42.0 Å². The minimum absolute atomic E-state index is 0.0814. The summed E-state index contributed by atoms with van der Waals surface area (Å²) >= 11 is 5.98. The molecule has 30 heavy (non-hydrogen) atoms. The van der Waals surface area contributed by atoms with Crippen LogP contribution >= 0.6 is 11.6 Å². The summed E-state index contributed by atoms with van der Waals surface area (Å²) in [4.78, 5) is 26.7. The van der Waals surface area contributed by atoms with Gasteiger partial charge in [-0.3, -0.25) is 4.79 Å². The van der Waals surface area contributed by atoms with Crippen LogP contribution in [-0.2, 0) is 10.4 Å². The number of hydrogen-bond acceptors (Lipinski definition) is 4. The van der Waals surface area contributed by atoms with E-state index >= 15 is 0 Å². The molecule has 0 spiro atoms. The van der Waals surface area contributed by atoms with Crippen LogP contribution in [0.5, 0.6) is 0 Å². The fraction of sp³-hybridized carbons (Fsp3) is 0.636. The van der Waals surface area contributed by atoms with Crippen LogP contribution in [0, 0.1) is 5.41 Å². The van der Waals surface area contributed by atoms with Gasteiger partial charge in [-0.05, 0) is 44.9 Å². The molecule has 2 atom stereocenters. The number of aliphatic hydroxyl groups is 2. The number of hydrogen-bond donors (Lipinski definition) is 4. The molecule has 0 saturated carbocycles. The first-order valence-corrected chi connectivity index (χ1v) is 10.6. The molecule has 1 heterocycles. The molecule has 3 amide bonds. The van der Waals surface area contributed by atoms with Crippen LogP contribution in [0.15, 0.2) is 24.3 Å². The molecule has 1 fully saturated rings. The maximum Gasteiger partial charge on any atom is 0.315 e. The minimum atomic E-state index is -1.07. The van der Waals surface area contributed by atoms with Crippen molar-refractivity contribution in [3.8, 4) is 0 Å². The third kappa shape index (κ3) is 5.86. The smallest absolute Gasteiger partial charge is 0.315 e. The number of carbonyl (C=O) groups is 2. The van der Waals surface area contributed by atoms with Gasteiger partial charge < -0.3 is 25.7 Å². The highest BCUT2D eigenvalue weighted by molar-refractivity contribution is 6.30. The predicted molar refractivity (Wildman–Crippen MR) is 117 cm³/mol. The van der Waals surface area contributed by atoms with Crippen LogP contribution in [0.2, 0.25) is 5.02 Å². The zero-order chi connectivity index (χ0) is 22.7. The molecule has 0 radical (unpaired) electrons. The first-order chi connectivity index (χ1) is 13.8. The minimum Gasteiger partial charge on any atom is -0.392 e. The van der Waals surface area contributed by atoms with Crippen LogP contribution in [0.4, 0.5) is 4.79 Å². The highest BCUT2D eigenvalue weighted by Crippen LogP contribution is 2.46. The summed E-state index contributed by atoms with van der Waals surface area (Å²) in [6.45, 7) is 10.0. The number of likely N-dealkylation sites (tertiary alicyclic amines) is 1. The zero-order valence-corrected chi connectivity index (χ0v) is 19.2. The number of nitrogens with one attached hydrogen (secondary N) is 2. The Morgan fingerprint density at radius 3 is 2.40 bits per heavy atom. The van der Waals surface area contributed by atoms with E-state index in [0.717, 1.165) is 5.56 Å². The highest BCUT2D eigenvalue weighted by Gasteiger charge is 2.49. The predicted octanol–water partition coefficient (Wildman–Crippen LogP) is 2.63. The van der Waals surface area contributed by atoms with Crippen LogP contribution in [0.25, 0.3) is 0 Å². The molecule has 0 bridgehead atoms. The first kappa shape index (κ1) is 24.4. The first-order valence-electron chi connectivity index (χ1n) is 10.3. The number of piperidine rings is 1. The van der Waals surface area contributed by atoms with E-state index in [1.54, 1.807) is 37.8 Å². The van der Waals surface area contributed by atoms with Crippen LogP contribution in [0.1, 0.15) is 53.0 Å². The topological polar surface area (TPSA) is 102 Å². The summed E-state index contributed by atoms with van der Waals surface area (Å²) in [5, 5.41) is 26.7. The summed E-state index contributed by atoms with van der Waals surface area (Å²) < 4.78 is 0. The number of rotatable bonds is 6. The van der Waals surface area contributed by atoms with E-state index in [4.69, 9.17) is 11.6 Å². The van der Waals surface area contributed by atoms with Gasteiger partial charge in [0.25, 0.3) is 0 Å². The second kappa shape index (κ2) is 9.12. The van der Waals surface area contributed by atoms with Gasteiger partial charge in [0.1, 0.15) is 0 Å². The van der Waals surface area contributed by atoms with Crippen LogP contribution in [0.3, 0.4) is 0 Å². The molecule has 1 aliphatic heterocycles. The van der Waals surface area contributed by atoms with Gasteiger partial charge in [-0.15, -0.1) is 0 Å². The van der Waals surface area contributed by atoms with E-state index in [1.807, 2.05) is 26.0 Å². The number of nitrogens with zero attached hydrogens (tertiary/aromatic N) is 1. The third-order valence-corrected chi connectivity index (χ3v) is 5.98. The summed E-state index contributed by atoms with van der Waals surface area (Å²) in [5.41, 5.74) is -1.60. The summed E-state index contributed by atoms with van der Waals surface area (Å²) in [6, 6.07) is 6.77. The van der Waals surface area contributed by atoms with Crippen molar-refractivity contribution in [2.75, 3.05) is 19.6 Å². The Labute approximate surface area is 183 Å². The standard InChI is InChI=1S/C22H34ClN3O4/c1-15(27)13-24-19(29)25-21(4,5)12-18(28)26-11-10-22(30,20(2,3)14-26)16-6-8-17(23)9-7-16/h6-9,15,27,30H,10-14H2,1-5H3,(H2,24,25,29)/t15-,22+/m1/s1. The molecule has 0 aromatic heterocycles. The van der Waals surface area contributed by atoms with E-state index < -0.39 is 28.7 Å². The lowest BCUT2D eigenvalue weighted by Crippen LogP contribution is -2.58. The second-order valence-electron chi connectivity index (χ2n) is 9.56. The Morgan fingerprint density at radius 1 is 1.27 bits per heavy atom. The van der Waals surface area contributed by atoms with Gasteiger partial charge in [-0.1, -0.05) is 37.6 Å². The Balaban J connectivity index is 2.02. The Kier molecular flexibility index (Phi) is 7.43. The number of urea groups is 1. The van der Waals surface area contributed by atoms with E-state index in [2.05, 4.69) is 10.6 Å². The lowest BCUT2D eigenvalue weighted by atomic mass is 9.66. The number of benzene rings is 1. The van der Waals surface area contributed by atoms with E-state index in [-0.39, 0.29) is 18.9 Å². The van der Waals surface area contributed by atoms with Crippen molar-refractivity contribution >= 4 is 23.5 Å². The van der Waals surface area contributed by atoms with Crippen molar-refractivity contribution in [2.45, 2.75) is 64.7 Å². The lowest BCUT2D eigenvalue weighted by Gasteiger charge is -2.51. The second-order valence-corrected chi connectivity index (χ2v) is 10.00. The molecule has 1 aromatic carbocycles. The van der Waals surface area contributed by atoms with E-state index in [0.29, 0.717) is 24.5 Å². The Morgan fingerprint density at radius 2 is 1.87 bits per heavy atom. The largest absolute Gasteiger partial charge is 0.392 e. The van der Waals surface area contributed by atoms with Crippen LogP contribution < -0.4 is 10.6 Å². The normalized spacial score (nSPS) is 22.3. The molecular weight excluding hydrogens is 406 g/mol. The molecule has 2 rings (SSSR count). The van der Waals surface area contributed by atoms with E-state index in [9.17, 15) is 19.8 Å². The van der Waals surface area contributed by atoms with Crippen molar-refractivity contribution in [1.82, 2.24) is 15.5 Å². The lowest BCUT2D eigenvalue weighted by molar-refractivity contribution is -0.154. The maximum absolute atomic E-state index is 13.0. The number of aliphatic hydroxyl groups excluding tert-OH is 1. The maximum atomic E-state index is 13.0. The molecular formula is C22H34ClN3O4. The quantitative estimate of drug-likeness (QED) is 0.547. The van der Waals surface area contributed by atoms with Gasteiger partial charge in [-0.25, -0.2) is 4.79 Å².